The maximum atomic E-state index is 3.76. The molecule has 1 rings (SSSR count). The summed E-state index contributed by atoms with van der Waals surface area (Å²) in [5.41, 5.74) is 0. The van der Waals surface area contributed by atoms with Crippen LogP contribution < -0.4 is 0 Å². The largest absolute Gasteiger partial charge is 0.354 e. The van der Waals surface area contributed by atoms with Gasteiger partial charge in [-0.15, -0.1) is 5.10 Å². The van der Waals surface area contributed by atoms with Crippen molar-refractivity contribution in [2.75, 3.05) is 6.54 Å². The van der Waals surface area contributed by atoms with E-state index >= 15 is 0 Å². The van der Waals surface area contributed by atoms with E-state index in [0.29, 0.717) is 6.04 Å². The van der Waals surface area contributed by atoms with Crippen molar-refractivity contribution in [3.8, 4) is 0 Å². The molecule has 0 aromatic carbocycles. The van der Waals surface area contributed by atoms with Gasteiger partial charge in [0.15, 0.2) is 0 Å². The molecule has 1 unspecified atom stereocenters. The Bertz CT molecular complexity index is 139. The molecule has 0 N–H and O–H groups in total. The van der Waals surface area contributed by atoms with Gasteiger partial charge >= 0.3 is 0 Å². The highest BCUT2D eigenvalue weighted by Crippen LogP contribution is 1.96. The van der Waals surface area contributed by atoms with Gasteiger partial charge in [-0.1, -0.05) is 0 Å². The predicted molar refractivity (Wildman–Crippen MR) is 38.8 cm³/mol. The van der Waals surface area contributed by atoms with Gasteiger partial charge in [-0.3, -0.25) is 0 Å². The standard InChI is InChI=1S/C6H11N3/c1-3-9-5-8-7-4-6(9)2/h4-6H,3H2,1-2H3. The molecule has 1 atom stereocenters. The fraction of sp³-hybridized carbons (Fsp3) is 0.667. The van der Waals surface area contributed by atoms with Crippen molar-refractivity contribution in [1.29, 1.82) is 0 Å². The molecule has 1 heterocycles. The maximum absolute atomic E-state index is 3.76. The van der Waals surface area contributed by atoms with Gasteiger partial charge in [-0.2, -0.15) is 5.10 Å². The lowest BCUT2D eigenvalue weighted by Crippen LogP contribution is -2.34. The van der Waals surface area contributed by atoms with Gasteiger partial charge in [-0.25, -0.2) is 0 Å². The second-order valence-corrected chi connectivity index (χ2v) is 2.07. The minimum absolute atomic E-state index is 0.410. The second-order valence-electron chi connectivity index (χ2n) is 2.07. The highest BCUT2D eigenvalue weighted by Gasteiger charge is 2.06. The van der Waals surface area contributed by atoms with Gasteiger partial charge in [-0.05, 0) is 13.8 Å². The van der Waals surface area contributed by atoms with Gasteiger partial charge in [0.2, 0.25) is 0 Å². The fourth-order valence-electron chi connectivity index (χ4n) is 0.792. The van der Waals surface area contributed by atoms with Crippen molar-refractivity contribution in [1.82, 2.24) is 4.90 Å². The van der Waals surface area contributed by atoms with E-state index in [1.807, 2.05) is 6.21 Å². The third-order valence-electron chi connectivity index (χ3n) is 1.44. The first kappa shape index (κ1) is 6.26. The van der Waals surface area contributed by atoms with Crippen LogP contribution in [0, 0.1) is 0 Å². The Hall–Kier alpha value is -0.860. The first-order chi connectivity index (χ1) is 4.34. The molecule has 0 fully saturated rings. The van der Waals surface area contributed by atoms with Gasteiger partial charge in [0.05, 0.1) is 6.04 Å². The number of hydrogen-bond donors (Lipinski definition) is 0. The number of hydrogen-bond acceptors (Lipinski definition) is 3. The quantitative estimate of drug-likeness (QED) is 0.507. The van der Waals surface area contributed by atoms with Crippen LogP contribution in [0.1, 0.15) is 13.8 Å². The van der Waals surface area contributed by atoms with Crippen LogP contribution in [0.3, 0.4) is 0 Å². The Morgan fingerprint density at radius 3 is 2.78 bits per heavy atom. The summed E-state index contributed by atoms with van der Waals surface area (Å²) in [6, 6.07) is 0.410. The summed E-state index contributed by atoms with van der Waals surface area (Å²) in [7, 11) is 0. The van der Waals surface area contributed by atoms with Crippen LogP contribution >= 0.6 is 0 Å². The minimum atomic E-state index is 0.410. The van der Waals surface area contributed by atoms with E-state index in [4.69, 9.17) is 0 Å². The van der Waals surface area contributed by atoms with Gasteiger partial charge < -0.3 is 4.90 Å². The Balaban J connectivity index is 2.55. The van der Waals surface area contributed by atoms with Crippen molar-refractivity contribution in [3.63, 3.8) is 0 Å². The van der Waals surface area contributed by atoms with Crippen LogP contribution in [0.2, 0.25) is 0 Å². The fourth-order valence-corrected chi connectivity index (χ4v) is 0.792. The maximum Gasteiger partial charge on any atom is 0.114 e. The van der Waals surface area contributed by atoms with Crippen LogP contribution in [0.4, 0.5) is 0 Å². The average Bonchev–Trinajstić information content (AvgIpc) is 1.89. The molecule has 0 aliphatic carbocycles. The van der Waals surface area contributed by atoms with Crippen LogP contribution in [-0.4, -0.2) is 30.0 Å². The van der Waals surface area contributed by atoms with Crippen molar-refractivity contribution in [2.45, 2.75) is 19.9 Å². The Morgan fingerprint density at radius 2 is 2.33 bits per heavy atom. The van der Waals surface area contributed by atoms with E-state index in [2.05, 4.69) is 29.0 Å². The molecular formula is C6H11N3. The van der Waals surface area contributed by atoms with Crippen molar-refractivity contribution >= 4 is 12.6 Å². The van der Waals surface area contributed by atoms with Gasteiger partial charge in [0.1, 0.15) is 6.34 Å². The molecule has 3 nitrogen and oxygen atoms in total. The summed E-state index contributed by atoms with van der Waals surface area (Å²) in [6.45, 7) is 5.19. The second kappa shape index (κ2) is 2.62. The molecule has 3 heteroatoms. The van der Waals surface area contributed by atoms with Crippen molar-refractivity contribution in [2.24, 2.45) is 10.2 Å². The molecule has 9 heavy (non-hydrogen) atoms. The molecule has 0 saturated carbocycles. The summed E-state index contributed by atoms with van der Waals surface area (Å²) in [5.74, 6) is 0. The third-order valence-corrected chi connectivity index (χ3v) is 1.44. The van der Waals surface area contributed by atoms with Crippen LogP contribution in [-0.2, 0) is 0 Å². The van der Waals surface area contributed by atoms with Crippen molar-refractivity contribution in [3.05, 3.63) is 0 Å². The molecule has 0 amide bonds. The zero-order valence-electron chi connectivity index (χ0n) is 5.78. The molecule has 1 aliphatic rings. The summed E-state index contributed by atoms with van der Waals surface area (Å²) >= 11 is 0. The SMILES string of the molecule is CCN1C=NN=CC1C. The third kappa shape index (κ3) is 1.28. The van der Waals surface area contributed by atoms with E-state index < -0.39 is 0 Å². The highest BCUT2D eigenvalue weighted by molar-refractivity contribution is 5.72. The summed E-state index contributed by atoms with van der Waals surface area (Å²) in [4.78, 5) is 2.12. The van der Waals surface area contributed by atoms with E-state index in [0.717, 1.165) is 6.54 Å². The van der Waals surface area contributed by atoms with E-state index in [9.17, 15) is 0 Å². The smallest absolute Gasteiger partial charge is 0.114 e. The molecule has 1 aliphatic heterocycles. The van der Waals surface area contributed by atoms with Gasteiger partial charge in [0, 0.05) is 12.8 Å². The summed E-state index contributed by atoms with van der Waals surface area (Å²) in [5, 5.41) is 7.51. The van der Waals surface area contributed by atoms with E-state index in [1.54, 1.807) is 6.34 Å². The minimum Gasteiger partial charge on any atom is -0.354 e. The molecule has 0 aromatic rings. The van der Waals surface area contributed by atoms with E-state index in [-0.39, 0.29) is 0 Å². The molecule has 0 saturated heterocycles. The summed E-state index contributed by atoms with van der Waals surface area (Å²) < 4.78 is 0. The van der Waals surface area contributed by atoms with Crippen LogP contribution in [0.25, 0.3) is 0 Å². The van der Waals surface area contributed by atoms with Crippen molar-refractivity contribution < 1.29 is 0 Å². The zero-order valence-corrected chi connectivity index (χ0v) is 5.78. The normalized spacial score (nSPS) is 25.1. The van der Waals surface area contributed by atoms with Crippen LogP contribution in [0.15, 0.2) is 10.2 Å². The average molecular weight is 125 g/mol. The summed E-state index contributed by atoms with van der Waals surface area (Å²) in [6.07, 6.45) is 3.61. The first-order valence-corrected chi connectivity index (χ1v) is 3.17. The van der Waals surface area contributed by atoms with Gasteiger partial charge in [0.25, 0.3) is 0 Å². The highest BCUT2D eigenvalue weighted by atomic mass is 15.3. The van der Waals surface area contributed by atoms with E-state index in [1.165, 1.54) is 0 Å². The molecule has 0 aromatic heterocycles. The molecule has 0 spiro atoms. The molecule has 50 valence electrons. The zero-order chi connectivity index (χ0) is 6.69. The first-order valence-electron chi connectivity index (χ1n) is 3.17. The Labute approximate surface area is 55.1 Å². The Kier molecular flexibility index (Phi) is 1.82. The lowest BCUT2D eigenvalue weighted by atomic mass is 10.3. The lowest BCUT2D eigenvalue weighted by molar-refractivity contribution is 0.424. The lowest BCUT2D eigenvalue weighted by Gasteiger charge is -2.23. The molecule has 0 bridgehead atoms. The van der Waals surface area contributed by atoms with Crippen LogP contribution in [0.5, 0.6) is 0 Å². The monoisotopic (exact) mass is 125 g/mol. The predicted octanol–water partition coefficient (Wildman–Crippen LogP) is 0.725. The molecule has 0 radical (unpaired) electrons. The molecular weight excluding hydrogens is 114 g/mol. The Morgan fingerprint density at radius 1 is 1.56 bits per heavy atom. The number of nitrogens with zero attached hydrogens (tertiary/aromatic N) is 3. The number of rotatable bonds is 1. The topological polar surface area (TPSA) is 28.0 Å².